The Morgan fingerprint density at radius 2 is 2.12 bits per heavy atom. The van der Waals surface area contributed by atoms with E-state index in [4.69, 9.17) is 11.6 Å². The van der Waals surface area contributed by atoms with Gasteiger partial charge in [0.25, 0.3) is 5.69 Å². The molecule has 1 saturated heterocycles. The zero-order chi connectivity index (χ0) is 17.0. The van der Waals surface area contributed by atoms with Gasteiger partial charge < -0.3 is 10.4 Å². The number of carbonyl (C=O) groups excluding carboxylic acids is 1. The molecular formula is C14H17Cl2N3O5. The van der Waals surface area contributed by atoms with Crippen molar-refractivity contribution < 1.29 is 19.6 Å². The molecule has 1 aromatic carbocycles. The van der Waals surface area contributed by atoms with E-state index >= 15 is 0 Å². The van der Waals surface area contributed by atoms with E-state index in [1.54, 1.807) is 4.90 Å². The van der Waals surface area contributed by atoms with Crippen molar-refractivity contribution in [1.82, 2.24) is 4.90 Å². The maximum atomic E-state index is 12.1. The van der Waals surface area contributed by atoms with Gasteiger partial charge in [0.1, 0.15) is 11.1 Å². The van der Waals surface area contributed by atoms with Crippen LogP contribution in [0, 0.1) is 10.1 Å². The standard InChI is InChI=1S/C14H16ClN3O5.ClH/c15-10-5-4-9(7-12(10)18(22)23)16-13(19)8-17-6-2-1-3-11(17)14(20)21;/h4-5,7,11H,1-3,6,8H2,(H,16,19)(H,20,21);1H. The van der Waals surface area contributed by atoms with E-state index in [9.17, 15) is 24.8 Å². The Kier molecular flexibility index (Phi) is 7.40. The first kappa shape index (κ1) is 20.1. The lowest BCUT2D eigenvalue weighted by atomic mass is 10.0. The van der Waals surface area contributed by atoms with E-state index in [0.717, 1.165) is 12.8 Å². The molecule has 0 bridgehead atoms. The van der Waals surface area contributed by atoms with Gasteiger partial charge in [-0.05, 0) is 31.5 Å². The lowest BCUT2D eigenvalue weighted by Gasteiger charge is -2.32. The lowest BCUT2D eigenvalue weighted by molar-refractivity contribution is -0.384. The fourth-order valence-electron chi connectivity index (χ4n) is 2.58. The number of aliphatic carboxylic acids is 1. The number of halogens is 2. The molecule has 1 amide bonds. The Morgan fingerprint density at radius 1 is 1.42 bits per heavy atom. The van der Waals surface area contributed by atoms with E-state index in [2.05, 4.69) is 5.32 Å². The summed E-state index contributed by atoms with van der Waals surface area (Å²) in [5, 5.41) is 22.5. The van der Waals surface area contributed by atoms with Crippen LogP contribution in [0.2, 0.25) is 5.02 Å². The third-order valence-corrected chi connectivity index (χ3v) is 3.99. The number of nitrogens with zero attached hydrogens (tertiary/aromatic N) is 2. The predicted octanol–water partition coefficient (Wildman–Crippen LogP) is 2.55. The number of nitro benzene ring substituents is 1. The molecule has 1 aromatic rings. The van der Waals surface area contributed by atoms with Crippen molar-refractivity contribution in [1.29, 1.82) is 0 Å². The van der Waals surface area contributed by atoms with Gasteiger partial charge in [-0.3, -0.25) is 24.6 Å². The minimum Gasteiger partial charge on any atom is -0.480 e. The van der Waals surface area contributed by atoms with Gasteiger partial charge >= 0.3 is 5.97 Å². The number of nitro groups is 1. The molecule has 1 aliphatic heterocycles. The predicted molar refractivity (Wildman–Crippen MR) is 90.8 cm³/mol. The molecule has 132 valence electrons. The van der Waals surface area contributed by atoms with Gasteiger partial charge in [-0.25, -0.2) is 0 Å². The zero-order valence-corrected chi connectivity index (χ0v) is 14.2. The van der Waals surface area contributed by atoms with Crippen LogP contribution >= 0.6 is 24.0 Å². The number of hydrogen-bond acceptors (Lipinski definition) is 5. The van der Waals surface area contributed by atoms with Crippen LogP contribution in [0.1, 0.15) is 19.3 Å². The normalized spacial score (nSPS) is 17.6. The number of nitrogens with one attached hydrogen (secondary N) is 1. The first-order chi connectivity index (χ1) is 10.9. The topological polar surface area (TPSA) is 113 Å². The number of carboxylic acids is 1. The van der Waals surface area contributed by atoms with Crippen LogP contribution in [0.25, 0.3) is 0 Å². The van der Waals surface area contributed by atoms with Crippen LogP contribution in [0.5, 0.6) is 0 Å². The second kappa shape index (κ2) is 8.81. The highest BCUT2D eigenvalue weighted by Crippen LogP contribution is 2.27. The van der Waals surface area contributed by atoms with Crippen molar-refractivity contribution in [3.8, 4) is 0 Å². The number of piperidine rings is 1. The van der Waals surface area contributed by atoms with E-state index in [-0.39, 0.29) is 35.3 Å². The molecule has 2 N–H and O–H groups in total. The fraction of sp³-hybridized carbons (Fsp3) is 0.429. The maximum Gasteiger partial charge on any atom is 0.320 e. The molecule has 1 atom stereocenters. The first-order valence-electron chi connectivity index (χ1n) is 7.09. The Morgan fingerprint density at radius 3 is 2.75 bits per heavy atom. The minimum absolute atomic E-state index is 0. The summed E-state index contributed by atoms with van der Waals surface area (Å²) >= 11 is 5.71. The van der Waals surface area contributed by atoms with Crippen molar-refractivity contribution in [2.24, 2.45) is 0 Å². The van der Waals surface area contributed by atoms with Crippen LogP contribution < -0.4 is 5.32 Å². The molecule has 1 fully saturated rings. The summed E-state index contributed by atoms with van der Waals surface area (Å²) in [5.41, 5.74) is -0.0548. The Balaban J connectivity index is 0.00000288. The van der Waals surface area contributed by atoms with E-state index in [0.29, 0.717) is 13.0 Å². The monoisotopic (exact) mass is 377 g/mol. The second-order valence-corrected chi connectivity index (χ2v) is 5.70. The van der Waals surface area contributed by atoms with Gasteiger partial charge in [-0.15, -0.1) is 12.4 Å². The molecule has 1 unspecified atom stereocenters. The fourth-order valence-corrected chi connectivity index (χ4v) is 2.76. The summed E-state index contributed by atoms with van der Waals surface area (Å²) in [6.07, 6.45) is 2.16. The van der Waals surface area contributed by atoms with Crippen LogP contribution in [-0.4, -0.2) is 45.9 Å². The van der Waals surface area contributed by atoms with E-state index < -0.39 is 22.8 Å². The number of amides is 1. The van der Waals surface area contributed by atoms with Crippen molar-refractivity contribution in [3.63, 3.8) is 0 Å². The average molecular weight is 378 g/mol. The summed E-state index contributed by atoms with van der Waals surface area (Å²) in [4.78, 5) is 35.1. The number of hydrogen-bond donors (Lipinski definition) is 2. The molecular weight excluding hydrogens is 361 g/mol. The van der Waals surface area contributed by atoms with Gasteiger partial charge in [0.15, 0.2) is 0 Å². The van der Waals surface area contributed by atoms with Crippen molar-refractivity contribution in [3.05, 3.63) is 33.3 Å². The summed E-state index contributed by atoms with van der Waals surface area (Å²) in [5.74, 6) is -1.37. The third kappa shape index (κ3) is 5.05. The smallest absolute Gasteiger partial charge is 0.320 e. The number of anilines is 1. The average Bonchev–Trinajstić information content (AvgIpc) is 2.49. The molecule has 10 heteroatoms. The van der Waals surface area contributed by atoms with E-state index in [1.165, 1.54) is 18.2 Å². The minimum atomic E-state index is -0.945. The largest absolute Gasteiger partial charge is 0.480 e. The van der Waals surface area contributed by atoms with Gasteiger partial charge in [0.05, 0.1) is 11.5 Å². The molecule has 0 aromatic heterocycles. The highest BCUT2D eigenvalue weighted by atomic mass is 35.5. The number of carboxylic acid groups (broad SMARTS) is 1. The SMILES string of the molecule is Cl.O=C(CN1CCCCC1C(=O)O)Nc1ccc(Cl)c([N+](=O)[O-])c1. The zero-order valence-electron chi connectivity index (χ0n) is 12.6. The van der Waals surface area contributed by atoms with E-state index in [1.807, 2.05) is 0 Å². The van der Waals surface area contributed by atoms with Crippen LogP contribution in [0.3, 0.4) is 0 Å². The van der Waals surface area contributed by atoms with Gasteiger partial charge in [0, 0.05) is 11.8 Å². The maximum absolute atomic E-state index is 12.1. The highest BCUT2D eigenvalue weighted by Gasteiger charge is 2.29. The molecule has 0 radical (unpaired) electrons. The third-order valence-electron chi connectivity index (χ3n) is 3.67. The molecule has 24 heavy (non-hydrogen) atoms. The summed E-state index contributed by atoms with van der Waals surface area (Å²) in [6, 6.07) is 3.29. The van der Waals surface area contributed by atoms with Crippen molar-refractivity contribution in [2.45, 2.75) is 25.3 Å². The lowest BCUT2D eigenvalue weighted by Crippen LogP contribution is -2.47. The van der Waals surface area contributed by atoms with Crippen LogP contribution in [0.4, 0.5) is 11.4 Å². The molecule has 2 rings (SSSR count). The summed E-state index contributed by atoms with van der Waals surface area (Å²) < 4.78 is 0. The highest BCUT2D eigenvalue weighted by molar-refractivity contribution is 6.32. The number of benzene rings is 1. The molecule has 8 nitrogen and oxygen atoms in total. The Hall–Kier alpha value is -1.90. The number of likely N-dealkylation sites (tertiary alicyclic amines) is 1. The Bertz CT molecular complexity index is 641. The summed E-state index contributed by atoms with van der Waals surface area (Å²) in [7, 11) is 0. The molecule has 0 saturated carbocycles. The number of carbonyl (C=O) groups is 2. The van der Waals surface area contributed by atoms with Gasteiger partial charge in [-0.1, -0.05) is 18.0 Å². The molecule has 0 spiro atoms. The second-order valence-electron chi connectivity index (χ2n) is 5.29. The van der Waals surface area contributed by atoms with Crippen molar-refractivity contribution >= 4 is 47.3 Å². The Labute approximate surface area is 149 Å². The molecule has 1 aliphatic rings. The quantitative estimate of drug-likeness (QED) is 0.602. The van der Waals surface area contributed by atoms with Crippen LogP contribution in [0.15, 0.2) is 18.2 Å². The van der Waals surface area contributed by atoms with Gasteiger partial charge in [-0.2, -0.15) is 0 Å². The van der Waals surface area contributed by atoms with Crippen LogP contribution in [-0.2, 0) is 9.59 Å². The molecule has 1 heterocycles. The van der Waals surface area contributed by atoms with Gasteiger partial charge in [0.2, 0.25) is 5.91 Å². The first-order valence-corrected chi connectivity index (χ1v) is 7.47. The molecule has 0 aliphatic carbocycles. The summed E-state index contributed by atoms with van der Waals surface area (Å²) in [6.45, 7) is 0.457. The van der Waals surface area contributed by atoms with Crippen molar-refractivity contribution in [2.75, 3.05) is 18.4 Å². The number of rotatable bonds is 5.